The predicted octanol–water partition coefficient (Wildman–Crippen LogP) is 6.17. The van der Waals surface area contributed by atoms with Gasteiger partial charge in [0.05, 0.1) is 11.1 Å². The van der Waals surface area contributed by atoms with Crippen LogP contribution in [0.3, 0.4) is 0 Å². The molecule has 0 aliphatic heterocycles. The van der Waals surface area contributed by atoms with Gasteiger partial charge < -0.3 is 9.84 Å². The molecule has 2 rings (SSSR count). The molecule has 0 heterocycles. The molecule has 26 heavy (non-hydrogen) atoms. The zero-order valence-electron chi connectivity index (χ0n) is 15.4. The fourth-order valence-corrected chi connectivity index (χ4v) is 2.38. The zero-order valence-corrected chi connectivity index (χ0v) is 18.6. The first kappa shape index (κ1) is 22.4. The predicted molar refractivity (Wildman–Crippen MR) is 110 cm³/mol. The van der Waals surface area contributed by atoms with Gasteiger partial charge in [-0.15, -0.1) is 0 Å². The molecule has 0 saturated carbocycles. The molecule has 0 spiro atoms. The summed E-state index contributed by atoms with van der Waals surface area (Å²) in [6.45, 7) is 9.37. The number of benzene rings is 2. The van der Waals surface area contributed by atoms with Gasteiger partial charge >= 0.3 is 11.9 Å². The molecule has 0 bridgehead atoms. The highest BCUT2D eigenvalue weighted by Gasteiger charge is 2.17. The van der Waals surface area contributed by atoms with E-state index in [4.69, 9.17) is 9.84 Å². The number of esters is 1. The summed E-state index contributed by atoms with van der Waals surface area (Å²) in [5.74, 6) is -1.17. The summed E-state index contributed by atoms with van der Waals surface area (Å²) in [6, 6.07) is 10.4. The van der Waals surface area contributed by atoms with Gasteiger partial charge in [-0.1, -0.05) is 31.9 Å². The minimum absolute atomic E-state index is 0.280. The molecule has 1 N–H and O–H groups in total. The van der Waals surface area contributed by atoms with Crippen molar-refractivity contribution in [2.24, 2.45) is 0 Å². The van der Waals surface area contributed by atoms with E-state index in [2.05, 4.69) is 31.9 Å². The molecule has 6 heteroatoms. The van der Waals surface area contributed by atoms with Gasteiger partial charge in [0.1, 0.15) is 5.60 Å². The van der Waals surface area contributed by atoms with Crippen molar-refractivity contribution in [3.8, 4) is 0 Å². The van der Waals surface area contributed by atoms with Crippen molar-refractivity contribution >= 4 is 43.8 Å². The first-order valence-electron chi connectivity index (χ1n) is 7.89. The third kappa shape index (κ3) is 7.30. The lowest BCUT2D eigenvalue weighted by Gasteiger charge is -2.19. The van der Waals surface area contributed by atoms with Crippen molar-refractivity contribution in [3.05, 3.63) is 67.6 Å². The van der Waals surface area contributed by atoms with Gasteiger partial charge in [0.2, 0.25) is 0 Å². The highest BCUT2D eigenvalue weighted by Crippen LogP contribution is 2.19. The maximum Gasteiger partial charge on any atom is 0.338 e. The number of aryl methyl sites for hydroxylation is 2. The first-order chi connectivity index (χ1) is 11.9. The van der Waals surface area contributed by atoms with Crippen LogP contribution in [0.5, 0.6) is 0 Å². The SMILES string of the molecule is Cc1cc(C(=O)O)ccc1Br.Cc1cc(C(=O)OC(C)(C)C)ccc1Br. The van der Waals surface area contributed by atoms with Crippen LogP contribution in [0.15, 0.2) is 45.3 Å². The number of hydrogen-bond acceptors (Lipinski definition) is 3. The molecule has 0 atom stereocenters. The molecule has 2 aromatic rings. The Labute approximate surface area is 170 Å². The average molecular weight is 486 g/mol. The van der Waals surface area contributed by atoms with Crippen molar-refractivity contribution in [3.63, 3.8) is 0 Å². The van der Waals surface area contributed by atoms with Crippen LogP contribution in [-0.4, -0.2) is 22.6 Å². The Morgan fingerprint density at radius 3 is 1.69 bits per heavy atom. The summed E-state index contributed by atoms with van der Waals surface area (Å²) < 4.78 is 7.19. The maximum atomic E-state index is 11.7. The summed E-state index contributed by atoms with van der Waals surface area (Å²) in [7, 11) is 0. The standard InChI is InChI=1S/C12H15BrO2.C8H7BrO2/c1-8-7-9(5-6-10(8)13)11(14)15-12(2,3)4;1-5-4-6(8(10)11)2-3-7(5)9/h5-7H,1-4H3;2-4H,1H3,(H,10,11). The number of carboxylic acids is 1. The van der Waals surface area contributed by atoms with Crippen LogP contribution in [0.25, 0.3) is 0 Å². The number of carbonyl (C=O) groups is 2. The maximum absolute atomic E-state index is 11.7. The highest BCUT2D eigenvalue weighted by atomic mass is 79.9. The number of carboxylic acid groups (broad SMARTS) is 1. The molecule has 0 radical (unpaired) electrons. The fourth-order valence-electron chi connectivity index (χ4n) is 1.89. The molecule has 0 saturated heterocycles. The Morgan fingerprint density at radius 1 is 0.885 bits per heavy atom. The number of aromatic carboxylic acids is 1. The van der Waals surface area contributed by atoms with Gasteiger partial charge in [0.15, 0.2) is 0 Å². The summed E-state index contributed by atoms with van der Waals surface area (Å²) in [6.07, 6.45) is 0. The normalized spacial score (nSPS) is 10.6. The summed E-state index contributed by atoms with van der Waals surface area (Å²) >= 11 is 6.67. The first-order valence-corrected chi connectivity index (χ1v) is 9.48. The largest absolute Gasteiger partial charge is 0.478 e. The van der Waals surface area contributed by atoms with Gasteiger partial charge in [0, 0.05) is 8.95 Å². The van der Waals surface area contributed by atoms with Gasteiger partial charge in [-0.3, -0.25) is 0 Å². The average Bonchev–Trinajstić information content (AvgIpc) is 2.51. The van der Waals surface area contributed by atoms with Crippen LogP contribution in [0.4, 0.5) is 0 Å². The Morgan fingerprint density at radius 2 is 1.31 bits per heavy atom. The summed E-state index contributed by atoms with van der Waals surface area (Å²) in [4.78, 5) is 22.1. The van der Waals surface area contributed by atoms with Gasteiger partial charge in [-0.05, 0) is 82.1 Å². The lowest BCUT2D eigenvalue weighted by atomic mass is 10.1. The zero-order chi connectivity index (χ0) is 20.1. The Kier molecular flexibility index (Phi) is 8.03. The second kappa shape index (κ2) is 9.33. The van der Waals surface area contributed by atoms with Crippen molar-refractivity contribution < 1.29 is 19.4 Å². The van der Waals surface area contributed by atoms with E-state index < -0.39 is 11.6 Å². The van der Waals surface area contributed by atoms with Crippen molar-refractivity contribution in [1.29, 1.82) is 0 Å². The fraction of sp³-hybridized carbons (Fsp3) is 0.300. The third-order valence-electron chi connectivity index (χ3n) is 3.20. The molecule has 0 fully saturated rings. The Balaban J connectivity index is 0.000000273. The Hall–Kier alpha value is -1.66. The minimum Gasteiger partial charge on any atom is -0.478 e. The highest BCUT2D eigenvalue weighted by molar-refractivity contribution is 9.10. The van der Waals surface area contributed by atoms with E-state index in [-0.39, 0.29) is 5.97 Å². The number of carbonyl (C=O) groups excluding carboxylic acids is 1. The molecule has 140 valence electrons. The molecule has 0 aromatic heterocycles. The molecule has 4 nitrogen and oxygen atoms in total. The van der Waals surface area contributed by atoms with E-state index >= 15 is 0 Å². The quantitative estimate of drug-likeness (QED) is 0.516. The summed E-state index contributed by atoms with van der Waals surface area (Å²) in [5.41, 5.74) is 2.43. The molecule has 0 unspecified atom stereocenters. The van der Waals surface area contributed by atoms with E-state index in [1.165, 1.54) is 0 Å². The Bertz CT molecular complexity index is 808. The van der Waals surface area contributed by atoms with Crippen molar-refractivity contribution in [2.75, 3.05) is 0 Å². The molecule has 2 aromatic carbocycles. The van der Waals surface area contributed by atoms with Gasteiger partial charge in [0.25, 0.3) is 0 Å². The molecular weight excluding hydrogens is 464 g/mol. The van der Waals surface area contributed by atoms with Crippen LogP contribution >= 0.6 is 31.9 Å². The van der Waals surface area contributed by atoms with E-state index in [9.17, 15) is 9.59 Å². The van der Waals surface area contributed by atoms with Crippen LogP contribution in [-0.2, 0) is 4.74 Å². The number of ether oxygens (including phenoxy) is 1. The third-order valence-corrected chi connectivity index (χ3v) is 4.98. The van der Waals surface area contributed by atoms with Crippen LogP contribution in [0.1, 0.15) is 52.6 Å². The van der Waals surface area contributed by atoms with E-state index in [1.807, 2.05) is 46.8 Å². The summed E-state index contributed by atoms with van der Waals surface area (Å²) in [5, 5.41) is 8.58. The monoisotopic (exact) mass is 484 g/mol. The van der Waals surface area contributed by atoms with Crippen molar-refractivity contribution in [1.82, 2.24) is 0 Å². The molecular formula is C20H22Br2O4. The van der Waals surface area contributed by atoms with E-state index in [0.29, 0.717) is 11.1 Å². The van der Waals surface area contributed by atoms with E-state index in [0.717, 1.165) is 20.1 Å². The topological polar surface area (TPSA) is 63.6 Å². The second-order valence-electron chi connectivity index (χ2n) is 6.73. The molecule has 0 amide bonds. The van der Waals surface area contributed by atoms with E-state index in [1.54, 1.807) is 24.3 Å². The minimum atomic E-state index is -0.888. The number of halogens is 2. The number of hydrogen-bond donors (Lipinski definition) is 1. The van der Waals surface area contributed by atoms with Crippen LogP contribution in [0.2, 0.25) is 0 Å². The van der Waals surface area contributed by atoms with Crippen LogP contribution in [0, 0.1) is 13.8 Å². The molecule has 0 aliphatic carbocycles. The lowest BCUT2D eigenvalue weighted by Crippen LogP contribution is -2.23. The lowest BCUT2D eigenvalue weighted by molar-refractivity contribution is 0.00692. The van der Waals surface area contributed by atoms with Crippen LogP contribution < -0.4 is 0 Å². The molecule has 0 aliphatic rings. The second-order valence-corrected chi connectivity index (χ2v) is 8.44. The van der Waals surface area contributed by atoms with Gasteiger partial charge in [-0.2, -0.15) is 0 Å². The number of rotatable bonds is 2. The van der Waals surface area contributed by atoms with Crippen molar-refractivity contribution in [2.45, 2.75) is 40.2 Å². The smallest absolute Gasteiger partial charge is 0.338 e. The van der Waals surface area contributed by atoms with Gasteiger partial charge in [-0.25, -0.2) is 9.59 Å².